The minimum absolute atomic E-state index is 0.153. The topological polar surface area (TPSA) is 90.5 Å². The Hall–Kier alpha value is -2.99. The van der Waals surface area contributed by atoms with E-state index in [1.807, 2.05) is 4.57 Å². The summed E-state index contributed by atoms with van der Waals surface area (Å²) in [6.07, 6.45) is -2.04. The van der Waals surface area contributed by atoms with Gasteiger partial charge in [-0.25, -0.2) is 0 Å². The van der Waals surface area contributed by atoms with E-state index in [1.165, 1.54) is 12.1 Å². The molecule has 0 spiro atoms. The molecule has 2 atom stereocenters. The zero-order chi connectivity index (χ0) is 30.4. The van der Waals surface area contributed by atoms with Crippen LogP contribution in [0.25, 0.3) is 27.8 Å². The van der Waals surface area contributed by atoms with Gasteiger partial charge in [-0.1, -0.05) is 36.0 Å². The first-order chi connectivity index (χ1) is 19.8. The molecule has 1 aliphatic carbocycles. The molecule has 0 saturated heterocycles. The van der Waals surface area contributed by atoms with Gasteiger partial charge in [0.05, 0.1) is 51.6 Å². The number of pyridine rings is 1. The van der Waals surface area contributed by atoms with Gasteiger partial charge in [0.15, 0.2) is 0 Å². The van der Waals surface area contributed by atoms with E-state index in [0.717, 1.165) is 12.8 Å². The first kappa shape index (κ1) is 30.5. The second kappa shape index (κ2) is 11.6. The summed E-state index contributed by atoms with van der Waals surface area (Å²) in [6, 6.07) is 12.2. The Morgan fingerprint density at radius 2 is 1.74 bits per heavy atom. The molecule has 1 N–H and O–H groups in total. The molecule has 224 valence electrons. The quantitative estimate of drug-likeness (QED) is 0.215. The maximum Gasteiger partial charge on any atom is 0.390 e. The van der Waals surface area contributed by atoms with Crippen LogP contribution < -0.4 is 9.74 Å². The molecule has 1 fully saturated rings. The van der Waals surface area contributed by atoms with Crippen molar-refractivity contribution in [2.45, 2.75) is 57.3 Å². The van der Waals surface area contributed by atoms with Crippen molar-refractivity contribution in [3.05, 3.63) is 80.7 Å². The van der Waals surface area contributed by atoms with E-state index in [1.54, 1.807) is 54.1 Å². The van der Waals surface area contributed by atoms with Gasteiger partial charge in [0.1, 0.15) is 5.75 Å². The minimum atomic E-state index is -4.64. The summed E-state index contributed by atoms with van der Waals surface area (Å²) in [5.74, 6) is -1.36. The highest BCUT2D eigenvalue weighted by Crippen LogP contribution is 2.39. The average Bonchev–Trinajstić information content (AvgIpc) is 3.21. The minimum Gasteiger partial charge on any atom is -0.391 e. The molecule has 2 aromatic carbocycles. The Kier molecular flexibility index (Phi) is 8.41. The summed E-state index contributed by atoms with van der Waals surface area (Å²) >= 11 is 12.8. The molecule has 0 amide bonds. The average molecular weight is 644 g/mol. The second-order valence-corrected chi connectivity index (χ2v) is 12.9. The van der Waals surface area contributed by atoms with Crippen molar-refractivity contribution in [3.8, 4) is 22.7 Å². The van der Waals surface area contributed by atoms with Crippen molar-refractivity contribution >= 4 is 44.2 Å². The van der Waals surface area contributed by atoms with Crippen LogP contribution in [0.5, 0.6) is 5.75 Å². The third-order valence-corrected chi connectivity index (χ3v) is 9.17. The lowest BCUT2D eigenvalue weighted by Gasteiger charge is -2.29. The lowest BCUT2D eigenvalue weighted by atomic mass is 9.92. The smallest absolute Gasteiger partial charge is 0.390 e. The highest BCUT2D eigenvalue weighted by atomic mass is 35.5. The molecule has 7 nitrogen and oxygen atoms in total. The number of aliphatic hydroxyl groups excluding tert-OH is 1. The number of hydrogen-bond acceptors (Lipinski definition) is 5. The number of aliphatic hydroxyl groups is 1. The van der Waals surface area contributed by atoms with E-state index in [-0.39, 0.29) is 17.4 Å². The molecule has 4 aromatic rings. The van der Waals surface area contributed by atoms with Gasteiger partial charge in [0, 0.05) is 11.2 Å². The summed E-state index contributed by atoms with van der Waals surface area (Å²) < 4.78 is 70.0. The molecule has 1 aliphatic rings. The number of fused-ring (bicyclic) bond motifs is 1. The fourth-order valence-corrected chi connectivity index (χ4v) is 6.98. The summed E-state index contributed by atoms with van der Waals surface area (Å²) in [7, 11) is -4.48. The van der Waals surface area contributed by atoms with Crippen LogP contribution in [0.15, 0.2) is 59.5 Å². The first-order valence-electron chi connectivity index (χ1n) is 13.2. The number of rotatable bonds is 7. The summed E-state index contributed by atoms with van der Waals surface area (Å²) in [4.78, 5) is 13.9. The molecule has 5 rings (SSSR count). The standard InChI is InChI=1S/C29H27Cl2F3N2O5S/c1-17-26-24(12-14-35(28(26)38)23-4-2-3-5-25(23)37)36(22-11-8-19(30)16-21(22)31)27(17)18-6-9-20(10-7-18)41-42(39,40)15-13-29(32,33)34/h6-12,14,16,23,25,37H,2-5,13,15H2,1H3. The highest BCUT2D eigenvalue weighted by Gasteiger charge is 2.31. The Balaban J connectivity index is 1.63. The lowest BCUT2D eigenvalue weighted by Crippen LogP contribution is -2.34. The normalized spacial score (nSPS) is 18.0. The van der Waals surface area contributed by atoms with Crippen molar-refractivity contribution in [1.82, 2.24) is 9.13 Å². The van der Waals surface area contributed by atoms with Crippen LogP contribution >= 0.6 is 23.2 Å². The predicted molar refractivity (Wildman–Crippen MR) is 156 cm³/mol. The summed E-state index contributed by atoms with van der Waals surface area (Å²) in [5, 5.41) is 11.8. The van der Waals surface area contributed by atoms with E-state index < -0.39 is 34.6 Å². The fraction of sp³-hybridized carbons (Fsp3) is 0.345. The van der Waals surface area contributed by atoms with Gasteiger partial charge in [-0.05, 0) is 79.4 Å². The third-order valence-electron chi connectivity index (χ3n) is 7.48. The van der Waals surface area contributed by atoms with E-state index >= 15 is 0 Å². The molecular formula is C29H27Cl2F3N2O5S. The maximum absolute atomic E-state index is 13.9. The number of hydrogen-bond donors (Lipinski definition) is 1. The van der Waals surface area contributed by atoms with E-state index in [0.29, 0.717) is 56.3 Å². The van der Waals surface area contributed by atoms with Crippen LogP contribution in [-0.4, -0.2) is 40.7 Å². The van der Waals surface area contributed by atoms with Crippen LogP contribution in [0.3, 0.4) is 0 Å². The second-order valence-electron chi connectivity index (χ2n) is 10.3. The molecule has 0 bridgehead atoms. The molecule has 2 unspecified atom stereocenters. The molecule has 2 aromatic heterocycles. The number of aryl methyl sites for hydroxylation is 1. The van der Waals surface area contributed by atoms with Gasteiger partial charge in [-0.3, -0.25) is 4.79 Å². The Morgan fingerprint density at radius 3 is 2.38 bits per heavy atom. The number of benzene rings is 2. The van der Waals surface area contributed by atoms with Gasteiger partial charge in [0.2, 0.25) is 0 Å². The van der Waals surface area contributed by atoms with Crippen LogP contribution in [0, 0.1) is 6.92 Å². The number of halogens is 5. The van der Waals surface area contributed by atoms with Crippen molar-refractivity contribution in [2.24, 2.45) is 0 Å². The molecule has 13 heteroatoms. The number of nitrogens with zero attached hydrogens (tertiary/aromatic N) is 2. The molecule has 0 radical (unpaired) electrons. The zero-order valence-electron chi connectivity index (χ0n) is 22.4. The Morgan fingerprint density at radius 1 is 1.05 bits per heavy atom. The highest BCUT2D eigenvalue weighted by molar-refractivity contribution is 7.87. The number of aromatic nitrogens is 2. The van der Waals surface area contributed by atoms with E-state index in [2.05, 4.69) is 0 Å². The van der Waals surface area contributed by atoms with Crippen LogP contribution in [0.4, 0.5) is 13.2 Å². The van der Waals surface area contributed by atoms with Crippen LogP contribution in [0.2, 0.25) is 10.0 Å². The zero-order valence-corrected chi connectivity index (χ0v) is 24.7. The summed E-state index contributed by atoms with van der Waals surface area (Å²) in [6.45, 7) is 1.78. The van der Waals surface area contributed by atoms with E-state index in [4.69, 9.17) is 27.4 Å². The van der Waals surface area contributed by atoms with Crippen LogP contribution in [0.1, 0.15) is 43.7 Å². The van der Waals surface area contributed by atoms with Gasteiger partial charge in [-0.15, -0.1) is 0 Å². The van der Waals surface area contributed by atoms with Crippen molar-refractivity contribution in [1.29, 1.82) is 0 Å². The predicted octanol–water partition coefficient (Wildman–Crippen LogP) is 7.21. The lowest BCUT2D eigenvalue weighted by molar-refractivity contribution is -0.130. The third kappa shape index (κ3) is 6.20. The van der Waals surface area contributed by atoms with E-state index in [9.17, 15) is 31.5 Å². The van der Waals surface area contributed by atoms with Gasteiger partial charge in [0.25, 0.3) is 5.56 Å². The summed E-state index contributed by atoms with van der Waals surface area (Å²) in [5.41, 5.74) is 2.61. The van der Waals surface area contributed by atoms with Crippen LogP contribution in [-0.2, 0) is 10.1 Å². The van der Waals surface area contributed by atoms with Crippen molar-refractivity contribution in [3.63, 3.8) is 0 Å². The SMILES string of the molecule is Cc1c(-c2ccc(OS(=O)(=O)CCC(F)(F)F)cc2)n(-c2ccc(Cl)cc2Cl)c2ccn(C3CCCCC3O)c(=O)c12. The van der Waals surface area contributed by atoms with Gasteiger partial charge in [-0.2, -0.15) is 21.6 Å². The molecule has 2 heterocycles. The monoisotopic (exact) mass is 642 g/mol. The molecule has 42 heavy (non-hydrogen) atoms. The first-order valence-corrected chi connectivity index (χ1v) is 15.6. The fourth-order valence-electron chi connectivity index (χ4n) is 5.52. The largest absolute Gasteiger partial charge is 0.391 e. The Bertz CT molecular complexity index is 1800. The maximum atomic E-state index is 13.9. The molecular weight excluding hydrogens is 616 g/mol. The molecule has 0 aliphatic heterocycles. The van der Waals surface area contributed by atoms with Crippen molar-refractivity contribution in [2.75, 3.05) is 5.75 Å². The van der Waals surface area contributed by atoms with Gasteiger partial charge < -0.3 is 18.4 Å². The Labute approximate surface area is 250 Å². The number of alkyl halides is 3. The van der Waals surface area contributed by atoms with Gasteiger partial charge >= 0.3 is 16.3 Å². The molecule has 1 saturated carbocycles. The van der Waals surface area contributed by atoms with Crippen molar-refractivity contribution < 1.29 is 30.9 Å².